The van der Waals surface area contributed by atoms with Crippen molar-refractivity contribution in [1.29, 1.82) is 0 Å². The number of rotatable bonds is 5. The molecule has 134 valence electrons. The van der Waals surface area contributed by atoms with Gasteiger partial charge in [-0.1, -0.05) is 37.3 Å². The molecule has 6 heteroatoms. The monoisotopic (exact) mass is 351 g/mol. The molecule has 0 spiro atoms. The zero-order chi connectivity index (χ0) is 17.6. The minimum absolute atomic E-state index is 0.212. The van der Waals surface area contributed by atoms with Crippen LogP contribution in [0.1, 0.15) is 31.2 Å². The van der Waals surface area contributed by atoms with Gasteiger partial charge in [-0.2, -0.15) is 0 Å². The van der Waals surface area contributed by atoms with Gasteiger partial charge in [-0.15, -0.1) is 0 Å². The third-order valence-corrected chi connectivity index (χ3v) is 5.65. The first-order chi connectivity index (χ1) is 11.4. The average molecular weight is 352 g/mol. The van der Waals surface area contributed by atoms with Crippen LogP contribution in [0.5, 0.6) is 0 Å². The Balaban J connectivity index is 1.86. The van der Waals surface area contributed by atoms with Crippen LogP contribution in [-0.4, -0.2) is 58.0 Å². The van der Waals surface area contributed by atoms with Crippen LogP contribution < -0.4 is 5.32 Å². The summed E-state index contributed by atoms with van der Waals surface area (Å²) in [6, 6.07) is 10.7. The van der Waals surface area contributed by atoms with Crippen LogP contribution in [0, 0.1) is 5.92 Å². The summed E-state index contributed by atoms with van der Waals surface area (Å²) in [6.07, 6.45) is 2.99. The topological polar surface area (TPSA) is 61.8 Å². The van der Waals surface area contributed by atoms with Crippen LogP contribution in [0.3, 0.4) is 0 Å². The second kappa shape index (κ2) is 8.51. The zero-order valence-electron chi connectivity index (χ0n) is 14.9. The highest BCUT2D eigenvalue weighted by Gasteiger charge is 2.28. The van der Waals surface area contributed by atoms with Crippen molar-refractivity contribution in [3.8, 4) is 0 Å². The molecule has 0 saturated carbocycles. The summed E-state index contributed by atoms with van der Waals surface area (Å²) in [6.45, 7) is 4.86. The molecular weight excluding hydrogens is 322 g/mol. The van der Waals surface area contributed by atoms with Gasteiger partial charge in [0, 0.05) is 32.9 Å². The van der Waals surface area contributed by atoms with Crippen LogP contribution in [0.15, 0.2) is 35.3 Å². The molecule has 1 aromatic rings. The number of nitrogens with one attached hydrogen (secondary N) is 1. The molecule has 1 aliphatic heterocycles. The minimum atomic E-state index is -2.89. The van der Waals surface area contributed by atoms with Crippen molar-refractivity contribution in [2.45, 2.75) is 25.7 Å². The van der Waals surface area contributed by atoms with Gasteiger partial charge in [0.25, 0.3) is 0 Å². The second-order valence-electron chi connectivity index (χ2n) is 6.69. The van der Waals surface area contributed by atoms with E-state index >= 15 is 0 Å². The van der Waals surface area contributed by atoms with E-state index in [1.54, 1.807) is 7.05 Å². The molecule has 0 radical (unpaired) electrons. The van der Waals surface area contributed by atoms with Crippen LogP contribution in [0.25, 0.3) is 0 Å². The SMILES string of the molecule is CN=C(NCCCS(C)(=O)=O)N1CCC(c2ccccc2)C(C)C1. The Morgan fingerprint density at radius 3 is 2.62 bits per heavy atom. The van der Waals surface area contributed by atoms with E-state index in [9.17, 15) is 8.42 Å². The molecule has 2 rings (SSSR count). The average Bonchev–Trinajstić information content (AvgIpc) is 2.55. The number of nitrogens with zero attached hydrogens (tertiary/aromatic N) is 2. The standard InChI is InChI=1S/C18H29N3O2S/c1-15-14-21(12-10-17(15)16-8-5-4-6-9-16)18(19-2)20-11-7-13-24(3,22)23/h4-6,8-9,15,17H,7,10-14H2,1-3H3,(H,19,20). The molecule has 0 amide bonds. The summed E-state index contributed by atoms with van der Waals surface area (Å²) in [5.74, 6) is 2.23. The van der Waals surface area contributed by atoms with Crippen LogP contribution in [0.4, 0.5) is 0 Å². The van der Waals surface area contributed by atoms with Gasteiger partial charge in [-0.3, -0.25) is 4.99 Å². The third-order valence-electron chi connectivity index (χ3n) is 4.62. The van der Waals surface area contributed by atoms with Gasteiger partial charge in [0.15, 0.2) is 5.96 Å². The van der Waals surface area contributed by atoms with Crippen molar-refractivity contribution < 1.29 is 8.42 Å². The Bertz CT molecular complexity index is 643. The van der Waals surface area contributed by atoms with Crippen molar-refractivity contribution in [3.63, 3.8) is 0 Å². The third kappa shape index (κ3) is 5.51. The lowest BCUT2D eigenvalue weighted by atomic mass is 9.82. The molecule has 1 N–H and O–H groups in total. The van der Waals surface area contributed by atoms with Crippen molar-refractivity contribution in [3.05, 3.63) is 35.9 Å². The number of hydrogen-bond acceptors (Lipinski definition) is 3. The number of aliphatic imine (C=N–C) groups is 1. The maximum Gasteiger partial charge on any atom is 0.193 e. The summed E-state index contributed by atoms with van der Waals surface area (Å²) >= 11 is 0. The zero-order valence-corrected chi connectivity index (χ0v) is 15.7. The minimum Gasteiger partial charge on any atom is -0.356 e. The van der Waals surface area contributed by atoms with Gasteiger partial charge < -0.3 is 10.2 Å². The fourth-order valence-corrected chi connectivity index (χ4v) is 4.07. The largest absolute Gasteiger partial charge is 0.356 e. The van der Waals surface area contributed by atoms with E-state index in [-0.39, 0.29) is 5.75 Å². The number of sulfone groups is 1. The molecule has 1 fully saturated rings. The van der Waals surface area contributed by atoms with E-state index in [0.717, 1.165) is 25.5 Å². The van der Waals surface area contributed by atoms with E-state index in [2.05, 4.69) is 52.5 Å². The lowest BCUT2D eigenvalue weighted by Crippen LogP contribution is -2.48. The summed E-state index contributed by atoms with van der Waals surface area (Å²) in [4.78, 5) is 6.64. The highest BCUT2D eigenvalue weighted by atomic mass is 32.2. The molecule has 1 aromatic carbocycles. The molecule has 0 aromatic heterocycles. The number of benzene rings is 1. The maximum absolute atomic E-state index is 11.2. The fourth-order valence-electron chi connectivity index (χ4n) is 3.40. The predicted molar refractivity (Wildman–Crippen MR) is 100 cm³/mol. The van der Waals surface area contributed by atoms with Gasteiger partial charge in [0.1, 0.15) is 9.84 Å². The number of hydrogen-bond donors (Lipinski definition) is 1. The molecule has 0 bridgehead atoms. The van der Waals surface area contributed by atoms with E-state index < -0.39 is 9.84 Å². The highest BCUT2D eigenvalue weighted by Crippen LogP contribution is 2.32. The van der Waals surface area contributed by atoms with E-state index in [1.165, 1.54) is 11.8 Å². The Hall–Kier alpha value is -1.56. The predicted octanol–water partition coefficient (Wildman–Crippen LogP) is 2.12. The van der Waals surface area contributed by atoms with Crippen molar-refractivity contribution in [1.82, 2.24) is 10.2 Å². The molecule has 1 saturated heterocycles. The highest BCUT2D eigenvalue weighted by molar-refractivity contribution is 7.90. The molecular formula is C18H29N3O2S. The van der Waals surface area contributed by atoms with E-state index in [0.29, 0.717) is 24.8 Å². The first-order valence-corrected chi connectivity index (χ1v) is 10.6. The Morgan fingerprint density at radius 2 is 2.04 bits per heavy atom. The summed E-state index contributed by atoms with van der Waals surface area (Å²) < 4.78 is 22.4. The second-order valence-corrected chi connectivity index (χ2v) is 8.95. The van der Waals surface area contributed by atoms with Gasteiger partial charge in [-0.25, -0.2) is 8.42 Å². The quantitative estimate of drug-likeness (QED) is 0.501. The lowest BCUT2D eigenvalue weighted by Gasteiger charge is -2.39. The van der Waals surface area contributed by atoms with Gasteiger partial charge in [0.2, 0.25) is 0 Å². The smallest absolute Gasteiger partial charge is 0.193 e. The van der Waals surface area contributed by atoms with E-state index in [4.69, 9.17) is 0 Å². The van der Waals surface area contributed by atoms with E-state index in [1.807, 2.05) is 0 Å². The first-order valence-electron chi connectivity index (χ1n) is 8.59. The molecule has 5 nitrogen and oxygen atoms in total. The Labute approximate surface area is 146 Å². The summed E-state index contributed by atoms with van der Waals surface area (Å²) in [5.41, 5.74) is 1.42. The molecule has 0 aliphatic carbocycles. The number of guanidine groups is 1. The van der Waals surface area contributed by atoms with Crippen LogP contribution in [0.2, 0.25) is 0 Å². The van der Waals surface area contributed by atoms with Gasteiger partial charge in [0.05, 0.1) is 5.75 Å². The van der Waals surface area contributed by atoms with Crippen molar-refractivity contribution >= 4 is 15.8 Å². The number of piperidine rings is 1. The van der Waals surface area contributed by atoms with Gasteiger partial charge >= 0.3 is 0 Å². The normalized spacial score (nSPS) is 22.5. The molecule has 2 unspecified atom stereocenters. The Kier molecular flexibility index (Phi) is 6.66. The maximum atomic E-state index is 11.2. The first kappa shape index (κ1) is 18.8. The van der Waals surface area contributed by atoms with Gasteiger partial charge in [-0.05, 0) is 30.2 Å². The van der Waals surface area contributed by atoms with Crippen LogP contribution >= 0.6 is 0 Å². The fraction of sp³-hybridized carbons (Fsp3) is 0.611. The molecule has 2 atom stereocenters. The summed E-state index contributed by atoms with van der Waals surface area (Å²) in [5, 5.41) is 3.30. The van der Waals surface area contributed by atoms with Crippen LogP contribution in [-0.2, 0) is 9.84 Å². The Morgan fingerprint density at radius 1 is 1.33 bits per heavy atom. The molecule has 24 heavy (non-hydrogen) atoms. The molecule has 1 aliphatic rings. The molecule has 1 heterocycles. The number of likely N-dealkylation sites (tertiary alicyclic amines) is 1. The summed E-state index contributed by atoms with van der Waals surface area (Å²) in [7, 11) is -1.11. The lowest BCUT2D eigenvalue weighted by molar-refractivity contribution is 0.234. The van der Waals surface area contributed by atoms with Crippen molar-refractivity contribution in [2.24, 2.45) is 10.9 Å². The van der Waals surface area contributed by atoms with Crippen molar-refractivity contribution in [2.75, 3.05) is 38.7 Å².